The Kier molecular flexibility index (Phi) is 7.85. The van der Waals surface area contributed by atoms with E-state index in [2.05, 4.69) is 31.1 Å². The second-order valence-corrected chi connectivity index (χ2v) is 7.62. The zero-order valence-electron chi connectivity index (χ0n) is 16.9. The van der Waals surface area contributed by atoms with Crippen molar-refractivity contribution in [2.24, 2.45) is 4.99 Å². The number of aliphatic imine (C=N–C) groups is 1. The summed E-state index contributed by atoms with van der Waals surface area (Å²) in [5, 5.41) is 13.0. The molecule has 0 bridgehead atoms. The van der Waals surface area contributed by atoms with Crippen LogP contribution in [0.1, 0.15) is 53.3 Å². The third-order valence-corrected chi connectivity index (χ3v) is 3.02. The van der Waals surface area contributed by atoms with Crippen LogP contribution in [0.2, 0.25) is 0 Å². The second kappa shape index (κ2) is 9.40. The highest BCUT2D eigenvalue weighted by molar-refractivity contribution is 5.79. The molecule has 0 aromatic carbocycles. The first-order valence-electron chi connectivity index (χ1n) is 8.83. The smallest absolute Gasteiger partial charge is 0.408 e. The maximum atomic E-state index is 11.9. The predicted molar refractivity (Wildman–Crippen MR) is 100 cm³/mol. The van der Waals surface area contributed by atoms with E-state index in [1.54, 1.807) is 6.92 Å². The Balaban J connectivity index is 2.53. The number of hydrogen-bond acceptors (Lipinski definition) is 6. The highest BCUT2D eigenvalue weighted by atomic mass is 16.6. The lowest BCUT2D eigenvalue weighted by Crippen LogP contribution is -2.49. The van der Waals surface area contributed by atoms with Crippen LogP contribution >= 0.6 is 0 Å². The number of rotatable bonds is 7. The standard InChI is InChI=1S/C17H32N6O3/c1-8-18-14(19-10-9-13-21-12(2)23-26-13)20-11-17(6,7)22-15(24)25-16(3,4)5/h8-11H2,1-7H3,(H,22,24)(H2,18,19,20). The monoisotopic (exact) mass is 368 g/mol. The highest BCUT2D eigenvalue weighted by Crippen LogP contribution is 2.09. The topological polar surface area (TPSA) is 114 Å². The van der Waals surface area contributed by atoms with E-state index in [9.17, 15) is 4.79 Å². The van der Waals surface area contributed by atoms with E-state index >= 15 is 0 Å². The van der Waals surface area contributed by atoms with Gasteiger partial charge < -0.3 is 25.2 Å². The molecule has 1 amide bonds. The highest BCUT2D eigenvalue weighted by Gasteiger charge is 2.24. The SMILES string of the molecule is CCNC(=NCC(C)(C)NC(=O)OC(C)(C)C)NCCc1nc(C)no1. The number of hydrogen-bond donors (Lipinski definition) is 3. The molecule has 0 spiro atoms. The molecule has 0 aliphatic rings. The maximum Gasteiger partial charge on any atom is 0.408 e. The molecular formula is C17H32N6O3. The first kappa shape index (κ1) is 21.7. The second-order valence-electron chi connectivity index (χ2n) is 7.62. The molecule has 26 heavy (non-hydrogen) atoms. The molecule has 3 N–H and O–H groups in total. The molecule has 0 aliphatic carbocycles. The van der Waals surface area contributed by atoms with Crippen LogP contribution in [-0.2, 0) is 11.2 Å². The summed E-state index contributed by atoms with van der Waals surface area (Å²) in [6, 6.07) is 0. The van der Waals surface area contributed by atoms with Gasteiger partial charge in [0.25, 0.3) is 0 Å². The molecule has 1 rings (SSSR count). The Morgan fingerprint density at radius 2 is 1.92 bits per heavy atom. The largest absolute Gasteiger partial charge is 0.444 e. The minimum Gasteiger partial charge on any atom is -0.444 e. The van der Waals surface area contributed by atoms with Gasteiger partial charge in [-0.15, -0.1) is 0 Å². The molecule has 0 saturated heterocycles. The number of nitrogens with one attached hydrogen (secondary N) is 3. The number of aromatic nitrogens is 2. The van der Waals surface area contributed by atoms with E-state index in [0.29, 0.717) is 37.2 Å². The van der Waals surface area contributed by atoms with Gasteiger partial charge in [0.2, 0.25) is 5.89 Å². The number of alkyl carbamates (subject to hydrolysis) is 1. The van der Waals surface area contributed by atoms with Gasteiger partial charge in [0, 0.05) is 19.5 Å². The number of carbonyl (C=O) groups is 1. The fourth-order valence-electron chi connectivity index (χ4n) is 1.97. The summed E-state index contributed by atoms with van der Waals surface area (Å²) in [6.45, 7) is 14.8. The van der Waals surface area contributed by atoms with Gasteiger partial charge in [-0.05, 0) is 48.5 Å². The summed E-state index contributed by atoms with van der Waals surface area (Å²) in [6.07, 6.45) is 0.146. The number of carbonyl (C=O) groups excluding carboxylic acids is 1. The average molecular weight is 368 g/mol. The van der Waals surface area contributed by atoms with E-state index in [1.165, 1.54) is 0 Å². The van der Waals surface area contributed by atoms with E-state index in [0.717, 1.165) is 6.54 Å². The Morgan fingerprint density at radius 1 is 1.23 bits per heavy atom. The quantitative estimate of drug-likeness (QED) is 0.496. The molecule has 9 nitrogen and oxygen atoms in total. The summed E-state index contributed by atoms with van der Waals surface area (Å²) in [5.74, 6) is 1.86. The van der Waals surface area contributed by atoms with Crippen molar-refractivity contribution in [2.45, 2.75) is 66.0 Å². The average Bonchev–Trinajstić information content (AvgIpc) is 2.87. The van der Waals surface area contributed by atoms with E-state index in [1.807, 2.05) is 41.5 Å². The van der Waals surface area contributed by atoms with Crippen molar-refractivity contribution < 1.29 is 14.1 Å². The molecule has 0 aliphatic heterocycles. The lowest BCUT2D eigenvalue weighted by atomic mass is 10.1. The van der Waals surface area contributed by atoms with Crippen molar-refractivity contribution in [3.8, 4) is 0 Å². The normalized spacial score (nSPS) is 12.7. The van der Waals surface area contributed by atoms with Crippen LogP contribution in [0.4, 0.5) is 4.79 Å². The lowest BCUT2D eigenvalue weighted by molar-refractivity contribution is 0.0476. The minimum absolute atomic E-state index is 0.390. The number of nitrogens with zero attached hydrogens (tertiary/aromatic N) is 3. The summed E-state index contributed by atoms with van der Waals surface area (Å²) in [4.78, 5) is 20.6. The van der Waals surface area contributed by atoms with Crippen LogP contribution < -0.4 is 16.0 Å². The molecule has 0 atom stereocenters. The first-order valence-corrected chi connectivity index (χ1v) is 8.83. The summed E-state index contributed by atoms with van der Waals surface area (Å²) in [5.41, 5.74) is -1.08. The van der Waals surface area contributed by atoms with Crippen LogP contribution in [0, 0.1) is 6.92 Å². The van der Waals surface area contributed by atoms with Gasteiger partial charge in [-0.3, -0.25) is 4.99 Å². The van der Waals surface area contributed by atoms with Gasteiger partial charge in [-0.1, -0.05) is 5.16 Å². The Hall–Kier alpha value is -2.32. The Labute approximate surface area is 155 Å². The fourth-order valence-corrected chi connectivity index (χ4v) is 1.97. The molecule has 1 aromatic rings. The summed E-state index contributed by atoms with van der Waals surface area (Å²) >= 11 is 0. The van der Waals surface area contributed by atoms with Crippen molar-refractivity contribution in [1.29, 1.82) is 0 Å². The fraction of sp³-hybridized carbons (Fsp3) is 0.765. The van der Waals surface area contributed by atoms with Crippen molar-refractivity contribution in [3.63, 3.8) is 0 Å². The Morgan fingerprint density at radius 3 is 2.46 bits per heavy atom. The van der Waals surface area contributed by atoms with Crippen LogP contribution in [0.3, 0.4) is 0 Å². The third-order valence-electron chi connectivity index (χ3n) is 3.02. The van der Waals surface area contributed by atoms with Crippen LogP contribution in [-0.4, -0.2) is 53.0 Å². The number of aryl methyl sites for hydroxylation is 1. The first-order chi connectivity index (χ1) is 12.0. The lowest BCUT2D eigenvalue weighted by Gasteiger charge is -2.27. The van der Waals surface area contributed by atoms with E-state index in [4.69, 9.17) is 9.26 Å². The molecule has 0 radical (unpaired) electrons. The molecule has 0 fully saturated rings. The van der Waals surface area contributed by atoms with Gasteiger partial charge >= 0.3 is 6.09 Å². The van der Waals surface area contributed by atoms with Crippen LogP contribution in [0.5, 0.6) is 0 Å². The summed E-state index contributed by atoms with van der Waals surface area (Å²) in [7, 11) is 0. The zero-order chi connectivity index (χ0) is 19.8. The van der Waals surface area contributed by atoms with Crippen molar-refractivity contribution in [3.05, 3.63) is 11.7 Å². The van der Waals surface area contributed by atoms with Gasteiger partial charge in [-0.2, -0.15) is 4.98 Å². The van der Waals surface area contributed by atoms with E-state index < -0.39 is 17.2 Å². The van der Waals surface area contributed by atoms with Gasteiger partial charge in [0.05, 0.1) is 12.1 Å². The zero-order valence-corrected chi connectivity index (χ0v) is 16.9. The molecule has 0 unspecified atom stereocenters. The van der Waals surface area contributed by atoms with E-state index in [-0.39, 0.29) is 0 Å². The van der Waals surface area contributed by atoms with Crippen molar-refractivity contribution in [2.75, 3.05) is 19.6 Å². The van der Waals surface area contributed by atoms with Gasteiger partial charge in [0.1, 0.15) is 5.60 Å². The van der Waals surface area contributed by atoms with Crippen LogP contribution in [0.25, 0.3) is 0 Å². The third kappa shape index (κ3) is 9.24. The molecule has 1 aromatic heterocycles. The number of guanidine groups is 1. The van der Waals surface area contributed by atoms with Gasteiger partial charge in [0.15, 0.2) is 11.8 Å². The molecule has 0 saturated carbocycles. The van der Waals surface area contributed by atoms with Crippen molar-refractivity contribution in [1.82, 2.24) is 26.1 Å². The molecular weight excluding hydrogens is 336 g/mol. The summed E-state index contributed by atoms with van der Waals surface area (Å²) < 4.78 is 10.4. The maximum absolute atomic E-state index is 11.9. The van der Waals surface area contributed by atoms with Crippen molar-refractivity contribution >= 4 is 12.1 Å². The molecule has 1 heterocycles. The number of amides is 1. The minimum atomic E-state index is -0.547. The molecule has 9 heteroatoms. The Bertz CT molecular complexity index is 604. The van der Waals surface area contributed by atoms with Gasteiger partial charge in [-0.25, -0.2) is 4.79 Å². The predicted octanol–water partition coefficient (Wildman–Crippen LogP) is 1.78. The molecule has 148 valence electrons. The van der Waals surface area contributed by atoms with Crippen LogP contribution in [0.15, 0.2) is 9.52 Å². The number of ether oxygens (including phenoxy) is 1.